The quantitative estimate of drug-likeness (QED) is 0.624. The number of pyridine rings is 1. The lowest BCUT2D eigenvalue weighted by molar-refractivity contribution is 0.0459. The van der Waals surface area contributed by atoms with Crippen molar-refractivity contribution in [3.8, 4) is 0 Å². The first kappa shape index (κ1) is 21.4. The zero-order valence-corrected chi connectivity index (χ0v) is 19.0. The average Bonchev–Trinajstić information content (AvgIpc) is 3.13. The van der Waals surface area contributed by atoms with Crippen LogP contribution in [0.3, 0.4) is 0 Å². The van der Waals surface area contributed by atoms with Gasteiger partial charge in [0.05, 0.1) is 11.9 Å². The van der Waals surface area contributed by atoms with Gasteiger partial charge in [0.15, 0.2) is 0 Å². The molecule has 1 saturated carbocycles. The van der Waals surface area contributed by atoms with E-state index in [4.69, 9.17) is 5.73 Å². The van der Waals surface area contributed by atoms with E-state index in [1.165, 1.54) is 5.56 Å². The van der Waals surface area contributed by atoms with Gasteiger partial charge in [0.1, 0.15) is 5.65 Å². The topological polar surface area (TPSA) is 78.2 Å². The van der Waals surface area contributed by atoms with Crippen molar-refractivity contribution in [3.05, 3.63) is 59.9 Å². The molecule has 2 amide bonds. The minimum atomic E-state index is -0.428. The van der Waals surface area contributed by atoms with E-state index in [-0.39, 0.29) is 11.0 Å². The van der Waals surface area contributed by atoms with Crippen LogP contribution in [0, 0.1) is 12.3 Å². The van der Waals surface area contributed by atoms with E-state index < -0.39 is 6.03 Å². The number of amides is 2. The zero-order chi connectivity index (χ0) is 22.2. The summed E-state index contributed by atoms with van der Waals surface area (Å²) in [4.78, 5) is 24.1. The van der Waals surface area contributed by atoms with E-state index in [0.717, 1.165) is 48.0 Å². The molecule has 0 unspecified atom stereocenters. The van der Waals surface area contributed by atoms with Gasteiger partial charge >= 0.3 is 6.03 Å². The van der Waals surface area contributed by atoms with Gasteiger partial charge in [-0.3, -0.25) is 9.80 Å². The van der Waals surface area contributed by atoms with Crippen LogP contribution in [0.15, 0.2) is 48.8 Å². The predicted molar refractivity (Wildman–Crippen MR) is 126 cm³/mol. The number of fused-ring (bicyclic) bond motifs is 1. The highest BCUT2D eigenvalue weighted by molar-refractivity contribution is 5.93. The Morgan fingerprint density at radius 1 is 1.16 bits per heavy atom. The number of carbonyl (C=O) groups excluding carboxylic acids is 1. The number of primary amides is 1. The number of rotatable bonds is 5. The molecule has 164 valence electrons. The minimum Gasteiger partial charge on any atom is -0.351 e. The minimum absolute atomic E-state index is 0.00846. The summed E-state index contributed by atoms with van der Waals surface area (Å²) >= 11 is 0. The van der Waals surface area contributed by atoms with Crippen molar-refractivity contribution in [1.82, 2.24) is 14.9 Å². The van der Waals surface area contributed by atoms with Crippen LogP contribution in [-0.2, 0) is 5.54 Å². The van der Waals surface area contributed by atoms with E-state index in [2.05, 4.69) is 66.2 Å². The summed E-state index contributed by atoms with van der Waals surface area (Å²) in [6.45, 7) is 4.91. The number of nitrogens with two attached hydrogens (primary N) is 1. The highest BCUT2D eigenvalue weighted by Gasteiger charge is 2.44. The largest absolute Gasteiger partial charge is 0.351 e. The van der Waals surface area contributed by atoms with E-state index in [9.17, 15) is 4.79 Å². The number of benzene rings is 1. The monoisotopic (exact) mass is 419 g/mol. The van der Waals surface area contributed by atoms with Crippen molar-refractivity contribution in [2.45, 2.75) is 45.1 Å². The van der Waals surface area contributed by atoms with Crippen LogP contribution in [0.1, 0.15) is 43.7 Å². The fraction of sp³-hybridized carbons (Fsp3) is 0.440. The van der Waals surface area contributed by atoms with Crippen molar-refractivity contribution in [2.75, 3.05) is 25.5 Å². The fourth-order valence-corrected chi connectivity index (χ4v) is 5.12. The first-order valence-electron chi connectivity index (χ1n) is 11.0. The number of H-pyrrole nitrogens is 1. The number of urea groups is 1. The van der Waals surface area contributed by atoms with Crippen LogP contribution in [0.4, 0.5) is 10.5 Å². The molecular formula is C25H33N5O. The Hall–Kier alpha value is -2.86. The third-order valence-corrected chi connectivity index (χ3v) is 7.29. The van der Waals surface area contributed by atoms with Crippen LogP contribution >= 0.6 is 0 Å². The Labute approximate surface area is 184 Å². The fourth-order valence-electron chi connectivity index (χ4n) is 5.12. The number of aryl methyl sites for hydroxylation is 1. The molecule has 0 spiro atoms. The van der Waals surface area contributed by atoms with Crippen molar-refractivity contribution in [3.63, 3.8) is 0 Å². The molecule has 0 atom stereocenters. The molecule has 0 saturated heterocycles. The highest BCUT2D eigenvalue weighted by Crippen LogP contribution is 2.48. The van der Waals surface area contributed by atoms with Crippen LogP contribution in [0.2, 0.25) is 0 Å². The second kappa shape index (κ2) is 8.00. The number of anilines is 1. The molecule has 0 bridgehead atoms. The summed E-state index contributed by atoms with van der Waals surface area (Å²) in [5.41, 5.74) is 9.92. The maximum absolute atomic E-state index is 12.4. The molecule has 4 rings (SSSR count). The first-order chi connectivity index (χ1) is 14.7. The van der Waals surface area contributed by atoms with Gasteiger partial charge < -0.3 is 10.7 Å². The molecule has 1 aromatic carbocycles. The Morgan fingerprint density at radius 2 is 1.84 bits per heavy atom. The van der Waals surface area contributed by atoms with Crippen LogP contribution in [0.25, 0.3) is 11.0 Å². The molecule has 6 nitrogen and oxygen atoms in total. The molecule has 6 heteroatoms. The summed E-state index contributed by atoms with van der Waals surface area (Å²) < 4.78 is 0. The lowest BCUT2D eigenvalue weighted by atomic mass is 9.65. The van der Waals surface area contributed by atoms with Gasteiger partial charge in [0, 0.05) is 23.7 Å². The molecule has 0 radical (unpaired) electrons. The number of carbonyl (C=O) groups is 1. The Morgan fingerprint density at radius 3 is 2.45 bits per heavy atom. The van der Waals surface area contributed by atoms with Gasteiger partial charge in [-0.2, -0.15) is 0 Å². The smallest absolute Gasteiger partial charge is 0.319 e. The van der Waals surface area contributed by atoms with E-state index in [1.807, 2.05) is 19.2 Å². The summed E-state index contributed by atoms with van der Waals surface area (Å²) in [5, 5.41) is 1.02. The van der Waals surface area contributed by atoms with E-state index in [0.29, 0.717) is 6.54 Å². The molecule has 2 heterocycles. The lowest BCUT2D eigenvalue weighted by Gasteiger charge is -2.50. The Kier molecular flexibility index (Phi) is 5.52. The molecule has 1 fully saturated rings. The average molecular weight is 420 g/mol. The third-order valence-electron chi connectivity index (χ3n) is 7.29. The molecule has 0 aliphatic heterocycles. The zero-order valence-electron chi connectivity index (χ0n) is 19.0. The van der Waals surface area contributed by atoms with Crippen molar-refractivity contribution in [1.29, 1.82) is 0 Å². The number of aromatic nitrogens is 2. The summed E-state index contributed by atoms with van der Waals surface area (Å²) in [7, 11) is 4.34. The summed E-state index contributed by atoms with van der Waals surface area (Å²) in [6, 6.07) is 12.4. The first-order valence-corrected chi connectivity index (χ1v) is 11.0. The molecule has 31 heavy (non-hydrogen) atoms. The number of nitrogens with one attached hydrogen (secondary N) is 1. The molecule has 3 aromatic rings. The second-order valence-corrected chi connectivity index (χ2v) is 9.59. The predicted octanol–water partition coefficient (Wildman–Crippen LogP) is 4.79. The number of nitrogens with zero attached hydrogens (tertiary/aromatic N) is 3. The Balaban J connectivity index is 1.57. The SMILES string of the molecule is Cc1c[nH]c2ncc(N(C[C@]3(C)CC[C@@](c4ccccc4)(N(C)C)CC3)C(N)=O)cc12. The van der Waals surface area contributed by atoms with Crippen molar-refractivity contribution >= 4 is 22.8 Å². The second-order valence-electron chi connectivity index (χ2n) is 9.59. The Bertz CT molecular complexity index is 1060. The molecule has 1 aliphatic rings. The van der Waals surface area contributed by atoms with Crippen molar-refractivity contribution < 1.29 is 4.79 Å². The van der Waals surface area contributed by atoms with Crippen molar-refractivity contribution in [2.24, 2.45) is 11.1 Å². The third kappa shape index (κ3) is 3.92. The maximum Gasteiger partial charge on any atom is 0.319 e. The number of hydrogen-bond donors (Lipinski definition) is 2. The van der Waals surface area contributed by atoms with Crippen LogP contribution in [-0.4, -0.2) is 41.5 Å². The van der Waals surface area contributed by atoms with E-state index >= 15 is 0 Å². The summed E-state index contributed by atoms with van der Waals surface area (Å²) in [5.74, 6) is 0. The van der Waals surface area contributed by atoms with Crippen LogP contribution < -0.4 is 10.6 Å². The number of hydrogen-bond acceptors (Lipinski definition) is 3. The van der Waals surface area contributed by atoms with Gasteiger partial charge in [0.2, 0.25) is 0 Å². The van der Waals surface area contributed by atoms with Gasteiger partial charge in [0.25, 0.3) is 0 Å². The molecule has 3 N–H and O–H groups in total. The van der Waals surface area contributed by atoms with Gasteiger partial charge in [-0.15, -0.1) is 0 Å². The highest BCUT2D eigenvalue weighted by atomic mass is 16.2. The lowest BCUT2D eigenvalue weighted by Crippen LogP contribution is -2.50. The molecule has 2 aromatic heterocycles. The summed E-state index contributed by atoms with van der Waals surface area (Å²) in [6.07, 6.45) is 7.79. The van der Waals surface area contributed by atoms with Crippen LogP contribution in [0.5, 0.6) is 0 Å². The molecular weight excluding hydrogens is 386 g/mol. The van der Waals surface area contributed by atoms with E-state index in [1.54, 1.807) is 11.1 Å². The van der Waals surface area contributed by atoms with Gasteiger partial charge in [-0.25, -0.2) is 9.78 Å². The standard InChI is InChI=1S/C25H33N5O/c1-18-15-27-22-21(18)14-20(16-28-22)30(23(26)31)17-24(2)10-12-25(13-11-24,29(3)4)19-8-6-5-7-9-19/h5-9,14-16H,10-13,17H2,1-4H3,(H2,26,31)(H,27,28)/t24-,25-. The normalized spacial score (nSPS) is 23.9. The van der Waals surface area contributed by atoms with Gasteiger partial charge in [-0.1, -0.05) is 37.3 Å². The maximum atomic E-state index is 12.4. The molecule has 1 aliphatic carbocycles. The number of aromatic amines is 1. The van der Waals surface area contributed by atoms with Gasteiger partial charge in [-0.05, 0) is 69.3 Å².